The van der Waals surface area contributed by atoms with E-state index in [0.29, 0.717) is 6.47 Å². The first-order valence-corrected chi connectivity index (χ1v) is 2.17. The molecule has 3 N–H and O–H groups in total. The summed E-state index contributed by atoms with van der Waals surface area (Å²) in [7, 11) is 0. The van der Waals surface area contributed by atoms with E-state index in [4.69, 9.17) is 0 Å². The van der Waals surface area contributed by atoms with Crippen molar-refractivity contribution in [2.45, 2.75) is 0 Å². The van der Waals surface area contributed by atoms with Gasteiger partial charge in [0.25, 0.3) is 0 Å². The minimum Gasteiger partial charge on any atom is -0.344 e. The molecule has 50 valence electrons. The minimum absolute atomic E-state index is 0. The fourth-order valence-corrected chi connectivity index (χ4v) is 0.439. The van der Waals surface area contributed by atoms with Gasteiger partial charge >= 0.3 is 6.47 Å². The van der Waals surface area contributed by atoms with Crippen LogP contribution in [0.5, 0.6) is 0 Å². The van der Waals surface area contributed by atoms with Gasteiger partial charge in [-0.05, 0) is 12.1 Å². The molecule has 4 nitrogen and oxygen atoms in total. The highest BCUT2D eigenvalue weighted by molar-refractivity contribution is 5.37. The first-order valence-electron chi connectivity index (χ1n) is 2.17. The van der Waals surface area contributed by atoms with Crippen molar-refractivity contribution >= 4 is 6.47 Å². The van der Waals surface area contributed by atoms with Crippen molar-refractivity contribution in [3.05, 3.63) is 24.5 Å². The van der Waals surface area contributed by atoms with Crippen molar-refractivity contribution < 1.29 is 9.63 Å². The zero-order chi connectivity index (χ0) is 5.82. The van der Waals surface area contributed by atoms with Gasteiger partial charge in [-0.2, -0.15) is 4.73 Å². The fraction of sp³-hybridized carbons (Fsp3) is 0. The Bertz CT molecular complexity index is 159. The van der Waals surface area contributed by atoms with E-state index in [9.17, 15) is 4.79 Å². The molecule has 0 atom stereocenters. The lowest BCUT2D eigenvalue weighted by Gasteiger charge is -1.91. The molecule has 1 rings (SSSR count). The molecular formula is C5H8N2O2. The third kappa shape index (κ3) is 1.96. The van der Waals surface area contributed by atoms with Crippen LogP contribution >= 0.6 is 0 Å². The molecule has 0 aromatic carbocycles. The van der Waals surface area contributed by atoms with Crippen LogP contribution in [0.3, 0.4) is 0 Å². The second kappa shape index (κ2) is 3.68. The van der Waals surface area contributed by atoms with Gasteiger partial charge in [0.05, 0.1) is 0 Å². The SMILES string of the molecule is N.O=COn1cccc1. The Morgan fingerprint density at radius 2 is 1.89 bits per heavy atom. The lowest BCUT2D eigenvalue weighted by atomic mass is 10.7. The van der Waals surface area contributed by atoms with Gasteiger partial charge in [0.15, 0.2) is 0 Å². The maximum absolute atomic E-state index is 9.63. The van der Waals surface area contributed by atoms with E-state index in [1.807, 2.05) is 0 Å². The molecule has 0 saturated heterocycles. The van der Waals surface area contributed by atoms with Crippen LogP contribution in [-0.4, -0.2) is 11.2 Å². The van der Waals surface area contributed by atoms with Crippen molar-refractivity contribution in [1.29, 1.82) is 0 Å². The van der Waals surface area contributed by atoms with Crippen LogP contribution in [0.15, 0.2) is 24.5 Å². The standard InChI is InChI=1S/C5H5NO2.H3N/c7-5-8-6-3-1-2-4-6;/h1-5H;1H3. The Balaban J connectivity index is 0.000000640. The van der Waals surface area contributed by atoms with Gasteiger partial charge in [-0.25, -0.2) is 0 Å². The van der Waals surface area contributed by atoms with Crippen LogP contribution in [0.1, 0.15) is 0 Å². The first kappa shape index (κ1) is 7.71. The Labute approximate surface area is 52.6 Å². The maximum Gasteiger partial charge on any atom is 0.321 e. The van der Waals surface area contributed by atoms with Crippen molar-refractivity contribution in [2.24, 2.45) is 0 Å². The average molecular weight is 128 g/mol. The second-order valence-corrected chi connectivity index (χ2v) is 1.24. The summed E-state index contributed by atoms with van der Waals surface area (Å²) in [6.45, 7) is 0.375. The average Bonchev–Trinajstić information content (AvgIpc) is 2.19. The largest absolute Gasteiger partial charge is 0.344 e. The predicted octanol–water partition coefficient (Wildman–Crippen LogP) is 0.235. The van der Waals surface area contributed by atoms with E-state index >= 15 is 0 Å². The molecule has 0 unspecified atom stereocenters. The molecule has 1 aromatic heterocycles. The lowest BCUT2D eigenvalue weighted by Crippen LogP contribution is -2.04. The molecule has 9 heavy (non-hydrogen) atoms. The van der Waals surface area contributed by atoms with Gasteiger partial charge in [-0.15, -0.1) is 0 Å². The van der Waals surface area contributed by atoms with Crippen LogP contribution in [0, 0.1) is 0 Å². The number of hydrogen-bond donors (Lipinski definition) is 1. The Kier molecular flexibility index (Phi) is 3.15. The number of rotatable bonds is 2. The minimum atomic E-state index is 0. The number of carbonyl (C=O) groups excluding carboxylic acids is 1. The summed E-state index contributed by atoms with van der Waals surface area (Å²) < 4.78 is 1.31. The zero-order valence-corrected chi connectivity index (χ0v) is 4.86. The van der Waals surface area contributed by atoms with Gasteiger partial charge in [0.2, 0.25) is 0 Å². The Morgan fingerprint density at radius 1 is 1.33 bits per heavy atom. The summed E-state index contributed by atoms with van der Waals surface area (Å²) in [5, 5.41) is 0. The summed E-state index contributed by atoms with van der Waals surface area (Å²) in [5.41, 5.74) is 0. The van der Waals surface area contributed by atoms with Crippen LogP contribution < -0.4 is 11.0 Å². The van der Waals surface area contributed by atoms with Gasteiger partial charge in [0, 0.05) is 12.4 Å². The van der Waals surface area contributed by atoms with Gasteiger partial charge in [-0.3, -0.25) is 4.79 Å². The van der Waals surface area contributed by atoms with Gasteiger partial charge < -0.3 is 11.0 Å². The summed E-state index contributed by atoms with van der Waals surface area (Å²) in [6.07, 6.45) is 3.27. The Morgan fingerprint density at radius 3 is 2.33 bits per heavy atom. The smallest absolute Gasteiger partial charge is 0.321 e. The third-order valence-electron chi connectivity index (χ3n) is 0.742. The third-order valence-corrected chi connectivity index (χ3v) is 0.742. The molecule has 4 heteroatoms. The number of hydrogen-bond acceptors (Lipinski definition) is 3. The van der Waals surface area contributed by atoms with E-state index in [-0.39, 0.29) is 6.15 Å². The highest BCUT2D eigenvalue weighted by Gasteiger charge is 1.80. The van der Waals surface area contributed by atoms with Gasteiger partial charge in [-0.1, -0.05) is 0 Å². The van der Waals surface area contributed by atoms with Crippen LogP contribution in [0.4, 0.5) is 0 Å². The molecule has 0 fully saturated rings. The van der Waals surface area contributed by atoms with E-state index in [2.05, 4.69) is 4.84 Å². The van der Waals surface area contributed by atoms with E-state index in [1.54, 1.807) is 24.5 Å². The molecule has 0 aliphatic heterocycles. The van der Waals surface area contributed by atoms with Crippen LogP contribution in [0.25, 0.3) is 0 Å². The summed E-state index contributed by atoms with van der Waals surface area (Å²) in [6, 6.07) is 3.53. The Hall–Kier alpha value is -1.29. The second-order valence-electron chi connectivity index (χ2n) is 1.24. The quantitative estimate of drug-likeness (QED) is 0.580. The molecule has 1 aromatic rings. The van der Waals surface area contributed by atoms with E-state index < -0.39 is 0 Å². The lowest BCUT2D eigenvalue weighted by molar-refractivity contribution is -0.129. The van der Waals surface area contributed by atoms with Crippen molar-refractivity contribution in [1.82, 2.24) is 10.9 Å². The molecule has 0 bridgehead atoms. The van der Waals surface area contributed by atoms with Crippen molar-refractivity contribution in [3.63, 3.8) is 0 Å². The number of aromatic nitrogens is 1. The van der Waals surface area contributed by atoms with Crippen molar-refractivity contribution in [3.8, 4) is 0 Å². The molecule has 1 heterocycles. The highest BCUT2D eigenvalue weighted by Crippen LogP contribution is 1.82. The molecule has 0 radical (unpaired) electrons. The number of carbonyl (C=O) groups is 1. The predicted molar refractivity (Wildman–Crippen MR) is 32.1 cm³/mol. The molecule has 0 amide bonds. The van der Waals surface area contributed by atoms with E-state index in [1.165, 1.54) is 4.73 Å². The fourth-order valence-electron chi connectivity index (χ4n) is 0.439. The van der Waals surface area contributed by atoms with Crippen LogP contribution in [0.2, 0.25) is 0 Å². The first-order chi connectivity index (χ1) is 3.93. The summed E-state index contributed by atoms with van der Waals surface area (Å²) in [4.78, 5) is 14.0. The molecule has 0 saturated carbocycles. The zero-order valence-electron chi connectivity index (χ0n) is 4.86. The van der Waals surface area contributed by atoms with Crippen LogP contribution in [-0.2, 0) is 4.79 Å². The molecule has 0 aliphatic carbocycles. The summed E-state index contributed by atoms with van der Waals surface area (Å²) in [5.74, 6) is 0. The molecule has 0 aliphatic rings. The maximum atomic E-state index is 9.63. The molecular weight excluding hydrogens is 120 g/mol. The topological polar surface area (TPSA) is 66.2 Å². The number of nitrogens with zero attached hydrogens (tertiary/aromatic N) is 1. The summed E-state index contributed by atoms with van der Waals surface area (Å²) >= 11 is 0. The molecule has 0 spiro atoms. The monoisotopic (exact) mass is 128 g/mol. The highest BCUT2D eigenvalue weighted by atomic mass is 16.7. The van der Waals surface area contributed by atoms with Gasteiger partial charge in [0.1, 0.15) is 0 Å². The van der Waals surface area contributed by atoms with E-state index in [0.717, 1.165) is 0 Å². The normalized spacial score (nSPS) is 7.56. The van der Waals surface area contributed by atoms with Crippen molar-refractivity contribution in [2.75, 3.05) is 0 Å².